The molecule has 0 fully saturated rings. The minimum atomic E-state index is -0.560. The number of aromatic nitrogens is 2. The number of nitrogens with zero attached hydrogens (tertiary/aromatic N) is 1. The van der Waals surface area contributed by atoms with Crippen molar-refractivity contribution in [2.75, 3.05) is 12.4 Å². The Balaban J connectivity index is 2.26. The number of hydrogen-bond acceptors (Lipinski definition) is 5. The molecule has 0 spiro atoms. The van der Waals surface area contributed by atoms with Gasteiger partial charge in [0.1, 0.15) is 5.69 Å². The van der Waals surface area contributed by atoms with E-state index in [4.69, 9.17) is 0 Å². The van der Waals surface area contributed by atoms with Gasteiger partial charge in [-0.25, -0.2) is 9.78 Å². The second-order valence-electron chi connectivity index (χ2n) is 3.79. The quantitative estimate of drug-likeness (QED) is 0.806. The molecule has 0 bridgehead atoms. The van der Waals surface area contributed by atoms with E-state index >= 15 is 0 Å². The van der Waals surface area contributed by atoms with Crippen molar-refractivity contribution in [3.05, 3.63) is 58.3 Å². The summed E-state index contributed by atoms with van der Waals surface area (Å²) in [6.07, 6.45) is 2.19. The van der Waals surface area contributed by atoms with Gasteiger partial charge in [-0.15, -0.1) is 0 Å². The SMILES string of the molecule is COC(=O)c1ccccc1NC(=O)c1c[nH]c(=O)cn1. The number of carbonyl (C=O) groups is 2. The number of rotatable bonds is 3. The summed E-state index contributed by atoms with van der Waals surface area (Å²) in [7, 11) is 1.25. The van der Waals surface area contributed by atoms with Crippen LogP contribution in [0.15, 0.2) is 41.5 Å². The van der Waals surface area contributed by atoms with Crippen LogP contribution in [0, 0.1) is 0 Å². The van der Waals surface area contributed by atoms with E-state index in [1.54, 1.807) is 18.2 Å². The second kappa shape index (κ2) is 5.79. The lowest BCUT2D eigenvalue weighted by atomic mass is 10.1. The number of nitrogens with one attached hydrogen (secondary N) is 2. The van der Waals surface area contributed by atoms with Gasteiger partial charge < -0.3 is 15.0 Å². The maximum atomic E-state index is 11.9. The number of aromatic amines is 1. The zero-order chi connectivity index (χ0) is 14.5. The Morgan fingerprint density at radius 1 is 1.30 bits per heavy atom. The van der Waals surface area contributed by atoms with Crippen LogP contribution >= 0.6 is 0 Å². The predicted molar refractivity (Wildman–Crippen MR) is 70.6 cm³/mol. The summed E-state index contributed by atoms with van der Waals surface area (Å²) in [5, 5.41) is 2.54. The van der Waals surface area contributed by atoms with Gasteiger partial charge in [0.2, 0.25) is 0 Å². The van der Waals surface area contributed by atoms with Gasteiger partial charge in [0.25, 0.3) is 11.5 Å². The third kappa shape index (κ3) is 2.89. The summed E-state index contributed by atoms with van der Waals surface area (Å²) in [5.74, 6) is -1.10. The van der Waals surface area contributed by atoms with Crippen LogP contribution in [0.25, 0.3) is 0 Å². The van der Waals surface area contributed by atoms with Crippen molar-refractivity contribution in [1.29, 1.82) is 0 Å². The van der Waals surface area contributed by atoms with Crippen molar-refractivity contribution < 1.29 is 14.3 Å². The number of methoxy groups -OCH3 is 1. The Morgan fingerprint density at radius 2 is 2.05 bits per heavy atom. The van der Waals surface area contributed by atoms with E-state index in [0.717, 1.165) is 6.20 Å². The summed E-state index contributed by atoms with van der Waals surface area (Å²) in [5.41, 5.74) is 0.158. The molecule has 1 aromatic carbocycles. The molecule has 102 valence electrons. The first-order valence-electron chi connectivity index (χ1n) is 5.65. The van der Waals surface area contributed by atoms with Gasteiger partial charge in [-0.1, -0.05) is 12.1 Å². The first-order chi connectivity index (χ1) is 9.61. The minimum absolute atomic E-state index is 0.0317. The van der Waals surface area contributed by atoms with Crippen molar-refractivity contribution in [3.8, 4) is 0 Å². The number of anilines is 1. The van der Waals surface area contributed by atoms with Crippen molar-refractivity contribution in [2.24, 2.45) is 0 Å². The van der Waals surface area contributed by atoms with Crippen molar-refractivity contribution in [3.63, 3.8) is 0 Å². The maximum absolute atomic E-state index is 11.9. The first-order valence-corrected chi connectivity index (χ1v) is 5.65. The van der Waals surface area contributed by atoms with E-state index in [9.17, 15) is 14.4 Å². The third-order valence-corrected chi connectivity index (χ3v) is 2.49. The Bertz CT molecular complexity index is 688. The average Bonchev–Trinajstić information content (AvgIpc) is 2.47. The summed E-state index contributed by atoms with van der Waals surface area (Å²) < 4.78 is 4.63. The van der Waals surface area contributed by atoms with Crippen LogP contribution in [0.1, 0.15) is 20.8 Å². The van der Waals surface area contributed by atoms with Crippen LogP contribution in [0.4, 0.5) is 5.69 Å². The molecule has 0 aliphatic carbocycles. The molecule has 2 aromatic rings. The lowest BCUT2D eigenvalue weighted by molar-refractivity contribution is 0.0602. The lowest BCUT2D eigenvalue weighted by Crippen LogP contribution is -2.18. The summed E-state index contributed by atoms with van der Waals surface area (Å²) in [6.45, 7) is 0. The molecule has 2 N–H and O–H groups in total. The Labute approximate surface area is 113 Å². The number of ether oxygens (including phenoxy) is 1. The number of esters is 1. The molecule has 7 heteroatoms. The number of hydrogen-bond donors (Lipinski definition) is 2. The highest BCUT2D eigenvalue weighted by Gasteiger charge is 2.14. The molecule has 0 atom stereocenters. The summed E-state index contributed by atoms with van der Waals surface area (Å²) in [6, 6.07) is 6.42. The van der Waals surface area contributed by atoms with Gasteiger partial charge in [-0.2, -0.15) is 0 Å². The number of benzene rings is 1. The Hall–Kier alpha value is -2.96. The fourth-order valence-electron chi connectivity index (χ4n) is 1.53. The van der Waals surface area contributed by atoms with Crippen LogP contribution in [0.2, 0.25) is 0 Å². The maximum Gasteiger partial charge on any atom is 0.339 e. The van der Waals surface area contributed by atoms with Crippen molar-refractivity contribution in [2.45, 2.75) is 0 Å². The zero-order valence-electron chi connectivity index (χ0n) is 10.5. The Kier molecular flexibility index (Phi) is 3.90. The number of H-pyrrole nitrogens is 1. The topological polar surface area (TPSA) is 101 Å². The fourth-order valence-corrected chi connectivity index (χ4v) is 1.53. The standard InChI is InChI=1S/C13H11N3O4/c1-20-13(19)8-4-2-3-5-9(8)16-12(18)10-6-15-11(17)7-14-10/h2-7H,1H3,(H,15,17)(H,16,18). The third-order valence-electron chi connectivity index (χ3n) is 2.49. The van der Waals surface area contributed by atoms with Crippen LogP contribution in [-0.4, -0.2) is 29.0 Å². The normalized spacial score (nSPS) is 9.85. The molecule has 0 radical (unpaired) electrons. The van der Waals surface area contributed by atoms with Gasteiger partial charge in [0, 0.05) is 6.20 Å². The van der Waals surface area contributed by atoms with E-state index in [-0.39, 0.29) is 11.3 Å². The molecule has 7 nitrogen and oxygen atoms in total. The molecule has 1 aromatic heterocycles. The van der Waals surface area contributed by atoms with Gasteiger partial charge in [0.05, 0.1) is 24.6 Å². The minimum Gasteiger partial charge on any atom is -0.465 e. The highest BCUT2D eigenvalue weighted by Crippen LogP contribution is 2.16. The first kappa shape index (κ1) is 13.5. The van der Waals surface area contributed by atoms with Gasteiger partial charge in [-0.05, 0) is 12.1 Å². The van der Waals surface area contributed by atoms with Crippen LogP contribution in [-0.2, 0) is 4.74 Å². The van der Waals surface area contributed by atoms with Crippen LogP contribution in [0.3, 0.4) is 0 Å². The molecule has 0 aliphatic heterocycles. The molecular weight excluding hydrogens is 262 g/mol. The summed E-state index contributed by atoms with van der Waals surface area (Å²) in [4.78, 5) is 40.4. The average molecular weight is 273 g/mol. The Morgan fingerprint density at radius 3 is 2.70 bits per heavy atom. The molecule has 2 rings (SSSR count). The molecule has 1 amide bonds. The second-order valence-corrected chi connectivity index (χ2v) is 3.79. The molecular formula is C13H11N3O4. The van der Waals surface area contributed by atoms with E-state index in [1.165, 1.54) is 19.4 Å². The fraction of sp³-hybridized carbons (Fsp3) is 0.0769. The van der Waals surface area contributed by atoms with Crippen molar-refractivity contribution >= 4 is 17.6 Å². The number of para-hydroxylation sites is 1. The van der Waals surface area contributed by atoms with Crippen LogP contribution < -0.4 is 10.9 Å². The number of amides is 1. The highest BCUT2D eigenvalue weighted by molar-refractivity contribution is 6.06. The highest BCUT2D eigenvalue weighted by atomic mass is 16.5. The number of carbonyl (C=O) groups excluding carboxylic acids is 2. The van der Waals surface area contributed by atoms with Crippen LogP contribution in [0.5, 0.6) is 0 Å². The van der Waals surface area contributed by atoms with Gasteiger partial charge in [0.15, 0.2) is 0 Å². The van der Waals surface area contributed by atoms with E-state index in [2.05, 4.69) is 20.0 Å². The smallest absolute Gasteiger partial charge is 0.339 e. The molecule has 0 aliphatic rings. The molecule has 0 unspecified atom stereocenters. The summed E-state index contributed by atoms with van der Waals surface area (Å²) >= 11 is 0. The molecule has 0 saturated carbocycles. The lowest BCUT2D eigenvalue weighted by Gasteiger charge is -2.08. The van der Waals surface area contributed by atoms with E-state index in [1.807, 2.05) is 0 Å². The predicted octanol–water partition coefficient (Wildman–Crippen LogP) is 0.809. The van der Waals surface area contributed by atoms with E-state index in [0.29, 0.717) is 5.69 Å². The van der Waals surface area contributed by atoms with Crippen molar-refractivity contribution in [1.82, 2.24) is 9.97 Å². The molecule has 0 saturated heterocycles. The van der Waals surface area contributed by atoms with E-state index < -0.39 is 17.4 Å². The van der Waals surface area contributed by atoms with Gasteiger partial charge in [-0.3, -0.25) is 9.59 Å². The molecule has 1 heterocycles. The molecule has 20 heavy (non-hydrogen) atoms. The zero-order valence-corrected chi connectivity index (χ0v) is 10.5. The largest absolute Gasteiger partial charge is 0.465 e. The monoisotopic (exact) mass is 273 g/mol. The van der Waals surface area contributed by atoms with Gasteiger partial charge >= 0.3 is 5.97 Å².